The number of H-pyrrole nitrogens is 1. The molecule has 116 valence electrons. The van der Waals surface area contributed by atoms with Crippen LogP contribution in [0.25, 0.3) is 10.9 Å². The van der Waals surface area contributed by atoms with Crippen LogP contribution in [-0.2, 0) is 0 Å². The molecule has 0 aliphatic heterocycles. The molecule has 3 aromatic rings. The minimum Gasteiger partial charge on any atom is -0.386 e. The van der Waals surface area contributed by atoms with Crippen molar-refractivity contribution < 1.29 is 9.18 Å². The molecule has 0 unspecified atom stereocenters. The lowest BCUT2D eigenvalue weighted by atomic mass is 10.1. The number of pyridine rings is 1. The average Bonchev–Trinajstić information content (AvgIpc) is 2.54. The lowest BCUT2D eigenvalue weighted by molar-refractivity contribution is 0.102. The smallest absolute Gasteiger partial charge is 0.261 e. The summed E-state index contributed by atoms with van der Waals surface area (Å²) < 4.78 is 13.6. The Kier molecular flexibility index (Phi) is 3.80. The molecule has 0 atom stereocenters. The van der Waals surface area contributed by atoms with Crippen molar-refractivity contribution in [3.63, 3.8) is 0 Å². The highest BCUT2D eigenvalue weighted by Crippen LogP contribution is 2.22. The van der Waals surface area contributed by atoms with Crippen LogP contribution in [0.4, 0.5) is 15.8 Å². The predicted octanol–water partition coefficient (Wildman–Crippen LogP) is 2.96. The van der Waals surface area contributed by atoms with Gasteiger partial charge in [-0.3, -0.25) is 9.59 Å². The van der Waals surface area contributed by atoms with Gasteiger partial charge < -0.3 is 15.6 Å². The number of nitrogens with one attached hydrogen (secondary N) is 3. The molecule has 3 rings (SSSR count). The first kappa shape index (κ1) is 14.8. The number of carbonyl (C=O) groups is 1. The van der Waals surface area contributed by atoms with Gasteiger partial charge >= 0.3 is 0 Å². The Morgan fingerprint density at radius 1 is 1.13 bits per heavy atom. The minimum absolute atomic E-state index is 0.0750. The number of aromatic nitrogens is 1. The summed E-state index contributed by atoms with van der Waals surface area (Å²) in [5.74, 6) is -1.00. The Hall–Kier alpha value is -3.15. The minimum atomic E-state index is -0.547. The number of hydrogen-bond acceptors (Lipinski definition) is 3. The molecule has 6 heteroatoms. The zero-order valence-electron chi connectivity index (χ0n) is 12.3. The molecule has 2 aromatic carbocycles. The van der Waals surface area contributed by atoms with Crippen LogP contribution in [0.3, 0.4) is 0 Å². The van der Waals surface area contributed by atoms with Crippen LogP contribution in [0.5, 0.6) is 0 Å². The molecule has 0 bridgehead atoms. The number of anilines is 2. The molecule has 0 saturated carbocycles. The van der Waals surface area contributed by atoms with Crippen molar-refractivity contribution in [1.82, 2.24) is 4.98 Å². The topological polar surface area (TPSA) is 74.0 Å². The highest BCUT2D eigenvalue weighted by molar-refractivity contribution is 6.06. The van der Waals surface area contributed by atoms with Crippen molar-refractivity contribution >= 4 is 28.2 Å². The van der Waals surface area contributed by atoms with Gasteiger partial charge in [-0.05, 0) is 30.3 Å². The molecular formula is C17H14FN3O2. The van der Waals surface area contributed by atoms with Crippen molar-refractivity contribution in [2.75, 3.05) is 17.7 Å². The molecule has 23 heavy (non-hydrogen) atoms. The number of aromatic amines is 1. The highest BCUT2D eigenvalue weighted by Gasteiger charge is 2.14. The predicted molar refractivity (Wildman–Crippen MR) is 88.5 cm³/mol. The standard InChI is InChI=1S/C17H14FN3O2/c1-19-14-9-11(18)7-10-8-13(17(23)21-15(10)14)16(22)20-12-5-3-2-4-6-12/h2-9,19H,1H3,(H,20,22)(H,21,23). The second-order valence-electron chi connectivity index (χ2n) is 5.00. The molecular weight excluding hydrogens is 297 g/mol. The number of benzene rings is 2. The lowest BCUT2D eigenvalue weighted by Crippen LogP contribution is -2.23. The van der Waals surface area contributed by atoms with E-state index in [1.54, 1.807) is 31.3 Å². The van der Waals surface area contributed by atoms with Crippen LogP contribution in [0.15, 0.2) is 53.3 Å². The average molecular weight is 311 g/mol. The molecule has 5 nitrogen and oxygen atoms in total. The van der Waals surface area contributed by atoms with E-state index < -0.39 is 17.3 Å². The largest absolute Gasteiger partial charge is 0.386 e. The molecule has 0 spiro atoms. The van der Waals surface area contributed by atoms with Crippen molar-refractivity contribution in [3.8, 4) is 0 Å². The van der Waals surface area contributed by atoms with Gasteiger partial charge in [0.25, 0.3) is 11.5 Å². The Morgan fingerprint density at radius 3 is 2.57 bits per heavy atom. The number of fused-ring (bicyclic) bond motifs is 1. The van der Waals surface area contributed by atoms with Gasteiger partial charge in [0, 0.05) is 18.1 Å². The van der Waals surface area contributed by atoms with E-state index in [4.69, 9.17) is 0 Å². The van der Waals surface area contributed by atoms with Gasteiger partial charge in [-0.1, -0.05) is 18.2 Å². The lowest BCUT2D eigenvalue weighted by Gasteiger charge is -2.09. The van der Waals surface area contributed by atoms with E-state index in [-0.39, 0.29) is 5.56 Å². The Bertz CT molecular complexity index is 936. The maximum absolute atomic E-state index is 13.6. The SMILES string of the molecule is CNc1cc(F)cc2cc(C(=O)Nc3ccccc3)c(=O)[nH]c12. The molecule has 1 aromatic heterocycles. The van der Waals surface area contributed by atoms with Gasteiger partial charge in [0.2, 0.25) is 0 Å². The number of halogens is 1. The zero-order chi connectivity index (χ0) is 16.4. The van der Waals surface area contributed by atoms with Gasteiger partial charge in [0.15, 0.2) is 0 Å². The van der Waals surface area contributed by atoms with Crippen LogP contribution < -0.4 is 16.2 Å². The molecule has 3 N–H and O–H groups in total. The molecule has 0 radical (unpaired) electrons. The fraction of sp³-hybridized carbons (Fsp3) is 0.0588. The third-order valence-electron chi connectivity index (χ3n) is 3.46. The fourth-order valence-corrected chi connectivity index (χ4v) is 2.37. The summed E-state index contributed by atoms with van der Waals surface area (Å²) in [7, 11) is 1.63. The number of rotatable bonds is 3. The first-order valence-electron chi connectivity index (χ1n) is 6.99. The van der Waals surface area contributed by atoms with Crippen molar-refractivity contribution in [3.05, 3.63) is 70.3 Å². The molecule has 0 saturated heterocycles. The summed E-state index contributed by atoms with van der Waals surface area (Å²) in [5.41, 5.74) is 0.873. The van der Waals surface area contributed by atoms with Crippen LogP contribution >= 0.6 is 0 Å². The maximum atomic E-state index is 13.6. The van der Waals surface area contributed by atoms with E-state index in [2.05, 4.69) is 15.6 Å². The summed E-state index contributed by atoms with van der Waals surface area (Å²) in [4.78, 5) is 27.1. The van der Waals surface area contributed by atoms with Crippen LogP contribution in [0.2, 0.25) is 0 Å². The number of carbonyl (C=O) groups excluding carboxylic acids is 1. The monoisotopic (exact) mass is 311 g/mol. The van der Waals surface area contributed by atoms with E-state index in [1.807, 2.05) is 6.07 Å². The molecule has 1 amide bonds. The fourth-order valence-electron chi connectivity index (χ4n) is 2.37. The summed E-state index contributed by atoms with van der Waals surface area (Å²) >= 11 is 0. The van der Waals surface area contributed by atoms with Crippen LogP contribution in [0.1, 0.15) is 10.4 Å². The highest BCUT2D eigenvalue weighted by atomic mass is 19.1. The first-order chi connectivity index (χ1) is 11.1. The van der Waals surface area contributed by atoms with Crippen LogP contribution in [-0.4, -0.2) is 17.9 Å². The van der Waals surface area contributed by atoms with Crippen molar-refractivity contribution in [2.24, 2.45) is 0 Å². The third kappa shape index (κ3) is 2.91. The second kappa shape index (κ2) is 5.92. The van der Waals surface area contributed by atoms with Gasteiger partial charge in [-0.15, -0.1) is 0 Å². The zero-order valence-corrected chi connectivity index (χ0v) is 12.3. The Labute approximate surface area is 131 Å². The Morgan fingerprint density at radius 2 is 1.87 bits per heavy atom. The normalized spacial score (nSPS) is 10.5. The first-order valence-corrected chi connectivity index (χ1v) is 6.99. The van der Waals surface area contributed by atoms with Gasteiger partial charge in [-0.25, -0.2) is 4.39 Å². The van der Waals surface area contributed by atoms with Crippen molar-refractivity contribution in [2.45, 2.75) is 0 Å². The molecule has 1 heterocycles. The molecule has 0 aliphatic rings. The van der Waals surface area contributed by atoms with E-state index in [0.29, 0.717) is 22.3 Å². The van der Waals surface area contributed by atoms with E-state index >= 15 is 0 Å². The van der Waals surface area contributed by atoms with Gasteiger partial charge in [-0.2, -0.15) is 0 Å². The molecule has 0 aliphatic carbocycles. The van der Waals surface area contributed by atoms with Gasteiger partial charge in [0.05, 0.1) is 11.2 Å². The third-order valence-corrected chi connectivity index (χ3v) is 3.46. The van der Waals surface area contributed by atoms with E-state index in [0.717, 1.165) is 0 Å². The summed E-state index contributed by atoms with van der Waals surface area (Å²) in [5, 5.41) is 5.89. The quantitative estimate of drug-likeness (QED) is 0.696. The van der Waals surface area contributed by atoms with Gasteiger partial charge in [0.1, 0.15) is 11.4 Å². The number of hydrogen-bond donors (Lipinski definition) is 3. The summed E-state index contributed by atoms with van der Waals surface area (Å²) in [6.07, 6.45) is 0. The number of amides is 1. The van der Waals surface area contributed by atoms with E-state index in [1.165, 1.54) is 18.2 Å². The summed E-state index contributed by atoms with van der Waals surface area (Å²) in [6, 6.07) is 12.7. The second-order valence-corrected chi connectivity index (χ2v) is 5.00. The van der Waals surface area contributed by atoms with E-state index in [9.17, 15) is 14.0 Å². The Balaban J connectivity index is 2.06. The number of para-hydroxylation sites is 1. The summed E-state index contributed by atoms with van der Waals surface area (Å²) in [6.45, 7) is 0. The van der Waals surface area contributed by atoms with Crippen LogP contribution in [0, 0.1) is 5.82 Å². The molecule has 0 fully saturated rings. The maximum Gasteiger partial charge on any atom is 0.261 e. The van der Waals surface area contributed by atoms with Crippen molar-refractivity contribution in [1.29, 1.82) is 0 Å².